The molecule has 0 aliphatic rings. The molecule has 0 aromatic rings. The summed E-state index contributed by atoms with van der Waals surface area (Å²) < 4.78 is 0. The third-order valence-corrected chi connectivity index (χ3v) is 0. The zero-order valence-electron chi connectivity index (χ0n) is 1.15. The first-order valence-electron chi connectivity index (χ1n) is 0. The molecule has 0 saturated carbocycles. The predicted octanol–water partition coefficient (Wildman–Crippen LogP) is -4.74. The Morgan fingerprint density at radius 2 is 0.750 bits per heavy atom. The molecule has 0 bridgehead atoms. The number of hydrogen-bond acceptors (Lipinski definition) is 0. The van der Waals surface area contributed by atoms with E-state index in [1.807, 2.05) is 0 Å². The van der Waals surface area contributed by atoms with E-state index in [0.717, 1.165) is 0 Å². The molecule has 0 unspecified atom stereocenters. The molecule has 4 heavy (non-hydrogen) atoms. The van der Waals surface area contributed by atoms with Gasteiger partial charge in [0.1, 0.15) is 0 Å². The Balaban J connectivity index is 0. The predicted molar refractivity (Wildman–Crippen MR) is 39.8 cm³/mol. The van der Waals surface area contributed by atoms with Crippen LogP contribution in [0.25, 0.3) is 0 Å². The van der Waals surface area contributed by atoms with Gasteiger partial charge in [-0.2, -0.15) is 0 Å². The summed E-state index contributed by atoms with van der Waals surface area (Å²) >= 11 is 0. The van der Waals surface area contributed by atoms with Crippen molar-refractivity contribution in [2.45, 2.75) is 0 Å². The quantitative estimate of drug-likeness (QED) is 0.361. The van der Waals surface area contributed by atoms with Crippen molar-refractivity contribution in [2.24, 2.45) is 0 Å². The van der Waals surface area contributed by atoms with Crippen LogP contribution in [0.5, 0.6) is 0 Å². The zero-order valence-corrected chi connectivity index (χ0v) is 5.61. The molecule has 0 radical (unpaired) electrons. The van der Waals surface area contributed by atoms with Crippen molar-refractivity contribution in [1.29, 1.82) is 0 Å². The Labute approximate surface area is 90.3 Å². The van der Waals surface area contributed by atoms with Crippen LogP contribution in [0, 0.1) is 0 Å². The summed E-state index contributed by atoms with van der Waals surface area (Å²) in [6, 6.07) is 0. The summed E-state index contributed by atoms with van der Waals surface area (Å²) in [6.07, 6.45) is 0. The van der Waals surface area contributed by atoms with E-state index < -0.39 is 0 Å². The fourth-order valence-electron chi connectivity index (χ4n) is 0. The molecule has 0 amide bonds. The van der Waals surface area contributed by atoms with Crippen molar-refractivity contribution in [2.75, 3.05) is 0 Å². The van der Waals surface area contributed by atoms with Gasteiger partial charge in [-0.1, -0.05) is 0 Å². The molecule has 0 N–H and O–H groups in total. The third kappa shape index (κ3) is 8.90. The molecule has 0 saturated heterocycles. The summed E-state index contributed by atoms with van der Waals surface area (Å²) in [4.78, 5) is 0. The second-order valence-corrected chi connectivity index (χ2v) is 0. The van der Waals surface area contributed by atoms with Crippen LogP contribution in [0.4, 0.5) is 0 Å². The summed E-state index contributed by atoms with van der Waals surface area (Å²) in [5, 5.41) is 0. The van der Waals surface area contributed by atoms with Gasteiger partial charge in [-0.3, -0.25) is 0 Å². The van der Waals surface area contributed by atoms with Crippen LogP contribution in [-0.2, 0) is 0 Å². The van der Waals surface area contributed by atoms with Gasteiger partial charge in [-0.15, -0.1) is 0 Å². The van der Waals surface area contributed by atoms with E-state index in [-0.39, 0.29) is 92.1 Å². The monoisotopic (exact) mass is 396 g/mol. The fraction of sp³-hybridized carbons (Fsp3) is 0. The Kier molecular flexibility index (Phi) is 115. The minimum absolute atomic E-state index is 0. The maximum atomic E-state index is 0. The molecule has 0 heterocycles. The van der Waals surface area contributed by atoms with Gasteiger partial charge < -0.3 is 0 Å². The summed E-state index contributed by atoms with van der Waals surface area (Å²) in [5.74, 6) is 0. The van der Waals surface area contributed by atoms with E-state index in [1.54, 1.807) is 0 Å². The standard InChI is InChI=1S/Al.In.2Sb.12H/q2*+3;2*-3;;;;;;;;;;;;. The van der Waals surface area contributed by atoms with E-state index in [2.05, 4.69) is 0 Å². The molecule has 0 aliphatic heterocycles. The number of rotatable bonds is 0. The molecule has 0 fully saturated rings. The molecular weight excluding hydrogens is 385 g/mol. The van der Waals surface area contributed by atoms with Gasteiger partial charge in [-0.05, 0) is 0 Å². The van der Waals surface area contributed by atoms with E-state index in [9.17, 15) is 0 Å². The minimum atomic E-state index is 0. The molecule has 0 rings (SSSR count). The second-order valence-electron chi connectivity index (χ2n) is 0. The Hall–Kier alpha value is 3.04. The Bertz CT molecular complexity index is 6.00. The first kappa shape index (κ1) is 27.8. The molecule has 0 atom stereocenters. The van der Waals surface area contributed by atoms with Crippen LogP contribution in [0.1, 0.15) is 0 Å². The third-order valence-electron chi connectivity index (χ3n) is 0. The van der Waals surface area contributed by atoms with Crippen molar-refractivity contribution in [3.05, 3.63) is 0 Å². The molecule has 0 aliphatic carbocycles. The van der Waals surface area contributed by atoms with Crippen LogP contribution >= 0.6 is 0 Å². The van der Waals surface area contributed by atoms with Gasteiger partial charge in [0.25, 0.3) is 0 Å². The normalized spacial score (nSPS) is 0. The van der Waals surface area contributed by atoms with Gasteiger partial charge in [0.05, 0.1) is 0 Å². The van der Waals surface area contributed by atoms with Crippen LogP contribution in [0.3, 0.4) is 0 Å². The zero-order chi connectivity index (χ0) is 0. The van der Waals surface area contributed by atoms with Gasteiger partial charge >= 0.3 is 92.1 Å². The van der Waals surface area contributed by atoms with Crippen LogP contribution < -0.4 is 0 Å². The summed E-state index contributed by atoms with van der Waals surface area (Å²) in [6.45, 7) is 0. The van der Waals surface area contributed by atoms with Gasteiger partial charge in [0.2, 0.25) is 0 Å². The molecule has 0 nitrogen and oxygen atoms in total. The van der Waals surface area contributed by atoms with Crippen molar-refractivity contribution in [3.63, 3.8) is 0 Å². The number of hydrogen-bond donors (Lipinski definition) is 0. The van der Waals surface area contributed by atoms with Crippen molar-refractivity contribution in [3.8, 4) is 0 Å². The van der Waals surface area contributed by atoms with Crippen LogP contribution in [0.15, 0.2) is 0 Å². The van der Waals surface area contributed by atoms with Crippen molar-refractivity contribution >= 4 is 92.1 Å². The topological polar surface area (TPSA) is 0 Å². The maximum absolute atomic E-state index is 0. The van der Waals surface area contributed by atoms with E-state index in [4.69, 9.17) is 0 Å². The van der Waals surface area contributed by atoms with Crippen molar-refractivity contribution in [1.82, 2.24) is 0 Å². The Morgan fingerprint density at radius 3 is 0.750 bits per heavy atom. The summed E-state index contributed by atoms with van der Waals surface area (Å²) in [5.41, 5.74) is 0. The second kappa shape index (κ2) is 16.6. The fourth-order valence-corrected chi connectivity index (χ4v) is 0. The molecule has 0 aromatic carbocycles. The van der Waals surface area contributed by atoms with Gasteiger partial charge in [0.15, 0.2) is 0 Å². The van der Waals surface area contributed by atoms with Crippen molar-refractivity contribution < 1.29 is 0 Å². The SMILES string of the molecule is [Al+3].[In+3].[SbH6-3].[SbH6-3]. The summed E-state index contributed by atoms with van der Waals surface area (Å²) in [7, 11) is 0. The average Bonchev–Trinajstić information content (AvgIpc) is 0. The van der Waals surface area contributed by atoms with Gasteiger partial charge in [0, 0.05) is 0 Å². The van der Waals surface area contributed by atoms with Crippen LogP contribution in [0.2, 0.25) is 0 Å². The van der Waals surface area contributed by atoms with Crippen LogP contribution in [-0.4, -0.2) is 92.1 Å². The molecule has 0 aromatic heterocycles. The molecule has 28 valence electrons. The molecule has 4 heteroatoms. The first-order valence-corrected chi connectivity index (χ1v) is 0. The molecular formula is H12AlInSb2. The van der Waals surface area contributed by atoms with E-state index >= 15 is 0 Å². The average molecular weight is 397 g/mol. The van der Waals surface area contributed by atoms with E-state index in [1.165, 1.54) is 0 Å². The van der Waals surface area contributed by atoms with E-state index in [0.29, 0.717) is 0 Å². The Morgan fingerprint density at radius 1 is 0.750 bits per heavy atom. The molecule has 0 spiro atoms. The first-order chi connectivity index (χ1) is 0. The van der Waals surface area contributed by atoms with Gasteiger partial charge in [-0.25, -0.2) is 0 Å².